The molecule has 2 aromatic carbocycles. The number of hydrogen-bond acceptors (Lipinski definition) is 3. The van der Waals surface area contributed by atoms with Crippen molar-refractivity contribution < 1.29 is 9.47 Å². The highest BCUT2D eigenvalue weighted by Crippen LogP contribution is 2.50. The number of nitrogens with one attached hydrogen (secondary N) is 1. The zero-order valence-corrected chi connectivity index (χ0v) is 14.3. The third-order valence-electron chi connectivity index (χ3n) is 5.41. The van der Waals surface area contributed by atoms with Gasteiger partial charge in [-0.2, -0.15) is 0 Å². The second kappa shape index (κ2) is 6.48. The third kappa shape index (κ3) is 2.89. The molecule has 0 radical (unpaired) electrons. The Labute approximate surface area is 144 Å². The van der Waals surface area contributed by atoms with Gasteiger partial charge in [-0.3, -0.25) is 0 Å². The summed E-state index contributed by atoms with van der Waals surface area (Å²) in [5, 5.41) is 3.76. The Kier molecular flexibility index (Phi) is 4.19. The van der Waals surface area contributed by atoms with Gasteiger partial charge in [0.2, 0.25) is 0 Å². The lowest BCUT2D eigenvalue weighted by Crippen LogP contribution is -2.42. The maximum atomic E-state index is 6.52. The van der Waals surface area contributed by atoms with Crippen LogP contribution in [0.2, 0.25) is 0 Å². The fourth-order valence-corrected chi connectivity index (χ4v) is 4.16. The number of fused-ring (bicyclic) bond motifs is 1. The molecule has 1 N–H and O–H groups in total. The highest BCUT2D eigenvalue weighted by atomic mass is 16.5. The molecule has 2 aromatic rings. The zero-order valence-electron chi connectivity index (χ0n) is 14.3. The minimum Gasteiger partial charge on any atom is -0.493 e. The lowest BCUT2D eigenvalue weighted by atomic mass is 9.85. The molecule has 24 heavy (non-hydrogen) atoms. The predicted octanol–water partition coefficient (Wildman–Crippen LogP) is 4.62. The summed E-state index contributed by atoms with van der Waals surface area (Å²) in [6.45, 7) is 0.873. The van der Waals surface area contributed by atoms with Crippen LogP contribution in [-0.2, 0) is 6.54 Å². The second-order valence-electron chi connectivity index (χ2n) is 6.99. The van der Waals surface area contributed by atoms with Crippen molar-refractivity contribution in [2.24, 2.45) is 0 Å². The SMILES string of the molecule is COc1cccc2c1OC1(CCCC1)CC2NCc1ccccc1. The average Bonchev–Trinajstić information content (AvgIpc) is 3.07. The molecular weight excluding hydrogens is 298 g/mol. The molecule has 0 aromatic heterocycles. The van der Waals surface area contributed by atoms with E-state index in [4.69, 9.17) is 9.47 Å². The Morgan fingerprint density at radius 1 is 1.08 bits per heavy atom. The van der Waals surface area contributed by atoms with Crippen molar-refractivity contribution in [1.29, 1.82) is 0 Å². The van der Waals surface area contributed by atoms with Crippen LogP contribution in [0.15, 0.2) is 48.5 Å². The summed E-state index contributed by atoms with van der Waals surface area (Å²) in [4.78, 5) is 0. The molecule has 2 aliphatic rings. The molecule has 1 saturated carbocycles. The van der Waals surface area contributed by atoms with Crippen LogP contribution < -0.4 is 14.8 Å². The van der Waals surface area contributed by atoms with Gasteiger partial charge in [-0.15, -0.1) is 0 Å². The molecule has 3 heteroatoms. The molecule has 126 valence electrons. The molecule has 4 rings (SSSR count). The number of ether oxygens (including phenoxy) is 2. The summed E-state index contributed by atoms with van der Waals surface area (Å²) in [6, 6.07) is 17.1. The molecule has 1 unspecified atom stereocenters. The standard InChI is InChI=1S/C21H25NO2/c1-23-19-11-7-10-17-18(22-15-16-8-3-2-4-9-16)14-21(24-20(17)19)12-5-6-13-21/h2-4,7-11,18,22H,5-6,12-15H2,1H3. The number of benzene rings is 2. The summed E-state index contributed by atoms with van der Waals surface area (Å²) in [5.74, 6) is 1.80. The summed E-state index contributed by atoms with van der Waals surface area (Å²) in [7, 11) is 1.72. The normalized spacial score (nSPS) is 21.3. The van der Waals surface area contributed by atoms with E-state index in [-0.39, 0.29) is 5.60 Å². The van der Waals surface area contributed by atoms with E-state index < -0.39 is 0 Å². The lowest BCUT2D eigenvalue weighted by Gasteiger charge is -2.41. The van der Waals surface area contributed by atoms with Crippen molar-refractivity contribution in [3.63, 3.8) is 0 Å². The summed E-state index contributed by atoms with van der Waals surface area (Å²) in [5.41, 5.74) is 2.52. The van der Waals surface area contributed by atoms with Crippen LogP contribution in [-0.4, -0.2) is 12.7 Å². The van der Waals surface area contributed by atoms with E-state index in [0.29, 0.717) is 6.04 Å². The highest BCUT2D eigenvalue weighted by molar-refractivity contribution is 5.50. The van der Waals surface area contributed by atoms with E-state index in [0.717, 1.165) is 37.3 Å². The quantitative estimate of drug-likeness (QED) is 0.890. The summed E-state index contributed by atoms with van der Waals surface area (Å²) >= 11 is 0. The minimum atomic E-state index is -0.0179. The highest BCUT2D eigenvalue weighted by Gasteiger charge is 2.43. The Bertz CT molecular complexity index is 692. The first-order chi connectivity index (χ1) is 11.8. The molecule has 1 atom stereocenters. The predicted molar refractivity (Wildman–Crippen MR) is 95.5 cm³/mol. The van der Waals surface area contributed by atoms with E-state index in [1.54, 1.807) is 7.11 Å². The number of rotatable bonds is 4. The Hall–Kier alpha value is -2.00. The lowest BCUT2D eigenvalue weighted by molar-refractivity contribution is 0.0334. The molecular formula is C21H25NO2. The van der Waals surface area contributed by atoms with Crippen molar-refractivity contribution in [2.45, 2.75) is 50.3 Å². The first-order valence-electron chi connectivity index (χ1n) is 8.93. The van der Waals surface area contributed by atoms with E-state index in [2.05, 4.69) is 47.8 Å². The molecule has 1 heterocycles. The van der Waals surface area contributed by atoms with Gasteiger partial charge in [0, 0.05) is 24.6 Å². The number of methoxy groups -OCH3 is 1. The zero-order chi connectivity index (χ0) is 16.4. The topological polar surface area (TPSA) is 30.5 Å². The Balaban J connectivity index is 1.63. The van der Waals surface area contributed by atoms with Crippen LogP contribution in [0.1, 0.15) is 49.3 Å². The van der Waals surface area contributed by atoms with Crippen LogP contribution in [0.5, 0.6) is 11.5 Å². The third-order valence-corrected chi connectivity index (χ3v) is 5.41. The maximum Gasteiger partial charge on any atom is 0.166 e. The second-order valence-corrected chi connectivity index (χ2v) is 6.99. The van der Waals surface area contributed by atoms with E-state index in [9.17, 15) is 0 Å². The molecule has 0 bridgehead atoms. The van der Waals surface area contributed by atoms with Crippen LogP contribution in [0.3, 0.4) is 0 Å². The Morgan fingerprint density at radius 2 is 1.88 bits per heavy atom. The molecule has 1 spiro atoms. The molecule has 1 aliphatic heterocycles. The largest absolute Gasteiger partial charge is 0.493 e. The van der Waals surface area contributed by atoms with Crippen molar-refractivity contribution in [3.8, 4) is 11.5 Å². The van der Waals surface area contributed by atoms with Crippen LogP contribution in [0.4, 0.5) is 0 Å². The van der Waals surface area contributed by atoms with Crippen LogP contribution in [0, 0.1) is 0 Å². The minimum absolute atomic E-state index is 0.0179. The fourth-order valence-electron chi connectivity index (χ4n) is 4.16. The molecule has 1 fully saturated rings. The summed E-state index contributed by atoms with van der Waals surface area (Å²) < 4.78 is 12.1. The summed E-state index contributed by atoms with van der Waals surface area (Å²) in [6.07, 6.45) is 5.85. The van der Waals surface area contributed by atoms with Gasteiger partial charge >= 0.3 is 0 Å². The molecule has 1 aliphatic carbocycles. The van der Waals surface area contributed by atoms with Gasteiger partial charge in [-0.1, -0.05) is 42.5 Å². The van der Waals surface area contributed by atoms with Crippen molar-refractivity contribution >= 4 is 0 Å². The van der Waals surface area contributed by atoms with E-state index in [1.807, 2.05) is 6.07 Å². The van der Waals surface area contributed by atoms with E-state index in [1.165, 1.54) is 24.0 Å². The molecule has 0 saturated heterocycles. The van der Waals surface area contributed by atoms with Gasteiger partial charge in [-0.05, 0) is 37.3 Å². The Morgan fingerprint density at radius 3 is 2.62 bits per heavy atom. The molecule has 0 amide bonds. The van der Waals surface area contributed by atoms with Crippen LogP contribution in [0.25, 0.3) is 0 Å². The smallest absolute Gasteiger partial charge is 0.166 e. The fraction of sp³-hybridized carbons (Fsp3) is 0.429. The number of para-hydroxylation sites is 1. The monoisotopic (exact) mass is 323 g/mol. The molecule has 3 nitrogen and oxygen atoms in total. The van der Waals surface area contributed by atoms with E-state index >= 15 is 0 Å². The van der Waals surface area contributed by atoms with Gasteiger partial charge in [0.15, 0.2) is 11.5 Å². The van der Waals surface area contributed by atoms with Gasteiger partial charge in [-0.25, -0.2) is 0 Å². The van der Waals surface area contributed by atoms with Crippen molar-refractivity contribution in [3.05, 3.63) is 59.7 Å². The van der Waals surface area contributed by atoms with Crippen LogP contribution >= 0.6 is 0 Å². The average molecular weight is 323 g/mol. The first kappa shape index (κ1) is 15.5. The van der Waals surface area contributed by atoms with Gasteiger partial charge in [0.25, 0.3) is 0 Å². The first-order valence-corrected chi connectivity index (χ1v) is 8.93. The van der Waals surface area contributed by atoms with Gasteiger partial charge in [0.1, 0.15) is 5.60 Å². The van der Waals surface area contributed by atoms with Gasteiger partial charge < -0.3 is 14.8 Å². The van der Waals surface area contributed by atoms with Gasteiger partial charge in [0.05, 0.1) is 7.11 Å². The number of hydrogen-bond donors (Lipinski definition) is 1. The van der Waals surface area contributed by atoms with Crippen molar-refractivity contribution in [2.75, 3.05) is 7.11 Å². The maximum absolute atomic E-state index is 6.52. The van der Waals surface area contributed by atoms with Crippen molar-refractivity contribution in [1.82, 2.24) is 5.32 Å².